The van der Waals surface area contributed by atoms with E-state index in [0.717, 1.165) is 16.7 Å². The Bertz CT molecular complexity index is 942. The van der Waals surface area contributed by atoms with Crippen LogP contribution in [0, 0.1) is 6.92 Å². The van der Waals surface area contributed by atoms with Gasteiger partial charge in [-0.3, -0.25) is 4.79 Å². The number of aryl methyl sites for hydroxylation is 1. The predicted molar refractivity (Wildman–Crippen MR) is 109 cm³/mol. The number of halogens is 1. The summed E-state index contributed by atoms with van der Waals surface area (Å²) in [5.74, 6) is 0.875. The summed E-state index contributed by atoms with van der Waals surface area (Å²) in [6, 6.07) is 21.0. The van der Waals surface area contributed by atoms with E-state index in [9.17, 15) is 4.79 Å². The number of hydrogen-bond acceptors (Lipinski definition) is 3. The second-order valence-electron chi connectivity index (χ2n) is 6.00. The summed E-state index contributed by atoms with van der Waals surface area (Å²) in [5, 5.41) is 3.39. The molecular formula is C22H20ClNO3. The lowest BCUT2D eigenvalue weighted by molar-refractivity contribution is -0.118. The minimum atomic E-state index is -0.280. The number of para-hydroxylation sites is 1. The molecule has 0 atom stereocenters. The third-order valence-corrected chi connectivity index (χ3v) is 4.49. The van der Waals surface area contributed by atoms with Gasteiger partial charge in [-0.1, -0.05) is 60.1 Å². The van der Waals surface area contributed by atoms with Crippen molar-refractivity contribution in [3.8, 4) is 22.6 Å². The minimum Gasteiger partial charge on any atom is -0.495 e. The van der Waals surface area contributed by atoms with Crippen LogP contribution in [-0.2, 0) is 4.79 Å². The number of methoxy groups -OCH3 is 1. The van der Waals surface area contributed by atoms with Gasteiger partial charge in [0, 0.05) is 16.7 Å². The summed E-state index contributed by atoms with van der Waals surface area (Å²) in [7, 11) is 1.53. The summed E-state index contributed by atoms with van der Waals surface area (Å²) < 4.78 is 11.1. The molecule has 1 N–H and O–H groups in total. The number of carbonyl (C=O) groups is 1. The fourth-order valence-electron chi connectivity index (χ4n) is 2.71. The van der Waals surface area contributed by atoms with Gasteiger partial charge in [-0.2, -0.15) is 0 Å². The Labute approximate surface area is 163 Å². The van der Waals surface area contributed by atoms with Crippen LogP contribution in [0.25, 0.3) is 11.1 Å². The van der Waals surface area contributed by atoms with Gasteiger partial charge in [0.15, 0.2) is 6.61 Å². The van der Waals surface area contributed by atoms with Crippen LogP contribution in [0.3, 0.4) is 0 Å². The first-order valence-electron chi connectivity index (χ1n) is 8.49. The van der Waals surface area contributed by atoms with E-state index in [1.807, 2.05) is 61.5 Å². The van der Waals surface area contributed by atoms with E-state index in [-0.39, 0.29) is 12.5 Å². The van der Waals surface area contributed by atoms with Crippen molar-refractivity contribution in [1.29, 1.82) is 0 Å². The molecule has 0 bridgehead atoms. The number of carbonyl (C=O) groups excluding carboxylic acids is 1. The second-order valence-corrected chi connectivity index (χ2v) is 6.41. The Morgan fingerprint density at radius 1 is 1.00 bits per heavy atom. The highest BCUT2D eigenvalue weighted by Gasteiger charge is 2.12. The molecule has 1 amide bonds. The average molecular weight is 382 g/mol. The van der Waals surface area contributed by atoms with E-state index in [1.54, 1.807) is 12.1 Å². The Balaban J connectivity index is 1.72. The van der Waals surface area contributed by atoms with Crippen molar-refractivity contribution in [2.45, 2.75) is 6.92 Å². The molecule has 0 aromatic heterocycles. The number of nitrogens with one attached hydrogen (secondary N) is 1. The molecule has 0 unspecified atom stereocenters. The van der Waals surface area contributed by atoms with Gasteiger partial charge in [-0.05, 0) is 30.2 Å². The van der Waals surface area contributed by atoms with Gasteiger partial charge >= 0.3 is 0 Å². The number of rotatable bonds is 6. The molecule has 3 rings (SSSR count). The number of amides is 1. The van der Waals surface area contributed by atoms with Gasteiger partial charge in [0.2, 0.25) is 0 Å². The maximum absolute atomic E-state index is 12.4. The second kappa shape index (κ2) is 8.60. The molecule has 0 saturated carbocycles. The van der Waals surface area contributed by atoms with Crippen LogP contribution >= 0.6 is 11.6 Å². The summed E-state index contributed by atoms with van der Waals surface area (Å²) in [5.41, 5.74) is 3.38. The van der Waals surface area contributed by atoms with Gasteiger partial charge in [0.1, 0.15) is 11.5 Å². The maximum atomic E-state index is 12.4. The Kier molecular flexibility index (Phi) is 5.99. The van der Waals surface area contributed by atoms with Crippen molar-refractivity contribution in [1.82, 2.24) is 0 Å². The van der Waals surface area contributed by atoms with Crippen LogP contribution in [0.4, 0.5) is 5.69 Å². The SMILES string of the molecule is COc1cc(Cl)c(C)cc1NC(=O)COc1ccccc1-c1ccccc1. The highest BCUT2D eigenvalue weighted by molar-refractivity contribution is 6.31. The minimum absolute atomic E-state index is 0.116. The highest BCUT2D eigenvalue weighted by atomic mass is 35.5. The lowest BCUT2D eigenvalue weighted by atomic mass is 10.1. The van der Waals surface area contributed by atoms with Crippen LogP contribution in [-0.4, -0.2) is 19.6 Å². The molecule has 0 spiro atoms. The lowest BCUT2D eigenvalue weighted by Crippen LogP contribution is -2.20. The predicted octanol–water partition coefficient (Wildman–Crippen LogP) is 5.34. The maximum Gasteiger partial charge on any atom is 0.262 e. The normalized spacial score (nSPS) is 10.3. The molecular weight excluding hydrogens is 362 g/mol. The van der Waals surface area contributed by atoms with Crippen molar-refractivity contribution >= 4 is 23.2 Å². The first-order chi connectivity index (χ1) is 13.1. The van der Waals surface area contributed by atoms with E-state index in [4.69, 9.17) is 21.1 Å². The molecule has 0 aliphatic heterocycles. The molecule has 0 heterocycles. The van der Waals surface area contributed by atoms with Crippen LogP contribution in [0.2, 0.25) is 5.02 Å². The monoisotopic (exact) mass is 381 g/mol. The quantitative estimate of drug-likeness (QED) is 0.626. The van der Waals surface area contributed by atoms with E-state index < -0.39 is 0 Å². The fraction of sp³-hybridized carbons (Fsp3) is 0.136. The van der Waals surface area contributed by atoms with Crippen LogP contribution in [0.5, 0.6) is 11.5 Å². The zero-order chi connectivity index (χ0) is 19.2. The van der Waals surface area contributed by atoms with E-state index >= 15 is 0 Å². The molecule has 3 aromatic carbocycles. The van der Waals surface area contributed by atoms with Crippen molar-refractivity contribution in [2.24, 2.45) is 0 Å². The first kappa shape index (κ1) is 18.8. The highest BCUT2D eigenvalue weighted by Crippen LogP contribution is 2.31. The van der Waals surface area contributed by atoms with Crippen molar-refractivity contribution < 1.29 is 14.3 Å². The molecule has 5 heteroatoms. The number of benzene rings is 3. The number of anilines is 1. The van der Waals surface area contributed by atoms with E-state index in [0.29, 0.717) is 22.2 Å². The standard InChI is InChI=1S/C22H20ClNO3/c1-15-12-19(21(26-2)13-18(15)23)24-22(25)14-27-20-11-7-6-10-17(20)16-8-4-3-5-9-16/h3-13H,14H2,1-2H3,(H,24,25). The molecule has 0 fully saturated rings. The lowest BCUT2D eigenvalue weighted by Gasteiger charge is -2.14. The summed E-state index contributed by atoms with van der Waals surface area (Å²) in [4.78, 5) is 12.4. The molecule has 3 aromatic rings. The zero-order valence-electron chi connectivity index (χ0n) is 15.2. The van der Waals surface area contributed by atoms with Crippen molar-refractivity contribution in [3.63, 3.8) is 0 Å². The van der Waals surface area contributed by atoms with E-state index in [1.165, 1.54) is 7.11 Å². The first-order valence-corrected chi connectivity index (χ1v) is 8.87. The number of hydrogen-bond donors (Lipinski definition) is 1. The van der Waals surface area contributed by atoms with Crippen molar-refractivity contribution in [2.75, 3.05) is 19.0 Å². The van der Waals surface area contributed by atoms with Crippen LogP contribution in [0.15, 0.2) is 66.7 Å². The number of ether oxygens (including phenoxy) is 2. The molecule has 0 aliphatic rings. The summed E-state index contributed by atoms with van der Waals surface area (Å²) >= 11 is 6.10. The molecule has 0 aliphatic carbocycles. The third-order valence-electron chi connectivity index (χ3n) is 4.09. The van der Waals surface area contributed by atoms with Gasteiger partial charge < -0.3 is 14.8 Å². The average Bonchev–Trinajstić information content (AvgIpc) is 2.70. The molecule has 0 saturated heterocycles. The Morgan fingerprint density at radius 3 is 2.44 bits per heavy atom. The van der Waals surface area contributed by atoms with Gasteiger partial charge in [0.25, 0.3) is 5.91 Å². The molecule has 4 nitrogen and oxygen atoms in total. The van der Waals surface area contributed by atoms with Crippen molar-refractivity contribution in [3.05, 3.63) is 77.3 Å². The van der Waals surface area contributed by atoms with Gasteiger partial charge in [-0.15, -0.1) is 0 Å². The van der Waals surface area contributed by atoms with Gasteiger partial charge in [0.05, 0.1) is 12.8 Å². The summed E-state index contributed by atoms with van der Waals surface area (Å²) in [6.45, 7) is 1.75. The topological polar surface area (TPSA) is 47.6 Å². The van der Waals surface area contributed by atoms with Gasteiger partial charge in [-0.25, -0.2) is 0 Å². The molecule has 138 valence electrons. The fourth-order valence-corrected chi connectivity index (χ4v) is 2.86. The third kappa shape index (κ3) is 4.60. The van der Waals surface area contributed by atoms with E-state index in [2.05, 4.69) is 5.32 Å². The molecule has 0 radical (unpaired) electrons. The Hall–Kier alpha value is -2.98. The smallest absolute Gasteiger partial charge is 0.262 e. The largest absolute Gasteiger partial charge is 0.495 e. The van der Waals surface area contributed by atoms with Crippen LogP contribution < -0.4 is 14.8 Å². The zero-order valence-corrected chi connectivity index (χ0v) is 15.9. The Morgan fingerprint density at radius 2 is 1.70 bits per heavy atom. The van der Waals surface area contributed by atoms with Crippen LogP contribution in [0.1, 0.15) is 5.56 Å². The summed E-state index contributed by atoms with van der Waals surface area (Å²) in [6.07, 6.45) is 0. The molecule has 27 heavy (non-hydrogen) atoms.